The van der Waals surface area contributed by atoms with Gasteiger partial charge in [-0.2, -0.15) is 8.78 Å². The number of nitrogens with one attached hydrogen (secondary N) is 1. The molecule has 7 nitrogen and oxygen atoms in total. The minimum absolute atomic E-state index is 0.00873. The number of imide groups is 1. The number of benzene rings is 1. The van der Waals surface area contributed by atoms with Gasteiger partial charge in [0.2, 0.25) is 0 Å². The van der Waals surface area contributed by atoms with Gasteiger partial charge in [0.1, 0.15) is 17.0 Å². The van der Waals surface area contributed by atoms with Gasteiger partial charge in [0.15, 0.2) is 5.76 Å². The van der Waals surface area contributed by atoms with Crippen LogP contribution in [0, 0.1) is 0 Å². The Morgan fingerprint density at radius 3 is 2.71 bits per heavy atom. The SMILES string of the molecule is CC1(CCc2ccc(OC(F)F)cc2)NC(=O)N(Cc2cc(-c3cccs3)on2)C1=O. The summed E-state index contributed by atoms with van der Waals surface area (Å²) in [5, 5.41) is 8.63. The number of alkyl halides is 2. The summed E-state index contributed by atoms with van der Waals surface area (Å²) in [5.41, 5.74) is 0.237. The van der Waals surface area contributed by atoms with Crippen molar-refractivity contribution in [2.75, 3.05) is 0 Å². The fraction of sp³-hybridized carbons (Fsp3) is 0.286. The predicted octanol–water partition coefficient (Wildman–Crippen LogP) is 4.45. The van der Waals surface area contributed by atoms with E-state index >= 15 is 0 Å². The molecular formula is C21H19F2N3O4S. The van der Waals surface area contributed by atoms with E-state index in [0.717, 1.165) is 15.3 Å². The topological polar surface area (TPSA) is 84.7 Å². The van der Waals surface area contributed by atoms with Crippen LogP contribution in [0.25, 0.3) is 10.6 Å². The normalized spacial score (nSPS) is 18.6. The second-order valence-corrected chi connectivity index (χ2v) is 8.28. The smallest absolute Gasteiger partial charge is 0.387 e. The number of nitrogens with zero attached hydrogens (tertiary/aromatic N) is 2. The van der Waals surface area contributed by atoms with Crippen molar-refractivity contribution in [1.29, 1.82) is 0 Å². The Morgan fingerprint density at radius 1 is 1.26 bits per heavy atom. The lowest BCUT2D eigenvalue weighted by molar-refractivity contribution is -0.131. The zero-order valence-corrected chi connectivity index (χ0v) is 17.3. The Bertz CT molecular complexity index is 1070. The molecule has 2 aromatic heterocycles. The fourth-order valence-electron chi connectivity index (χ4n) is 3.38. The van der Waals surface area contributed by atoms with E-state index in [1.807, 2.05) is 17.5 Å². The Hall–Kier alpha value is -3.27. The van der Waals surface area contributed by atoms with E-state index in [0.29, 0.717) is 24.3 Å². The molecule has 1 atom stereocenters. The second kappa shape index (κ2) is 8.46. The van der Waals surface area contributed by atoms with Gasteiger partial charge in [0.25, 0.3) is 5.91 Å². The molecule has 1 fully saturated rings. The van der Waals surface area contributed by atoms with Crippen LogP contribution in [-0.4, -0.2) is 34.1 Å². The van der Waals surface area contributed by atoms with Gasteiger partial charge in [-0.05, 0) is 48.9 Å². The number of carbonyl (C=O) groups excluding carboxylic acids is 2. The molecule has 3 amide bonds. The minimum atomic E-state index is -2.88. The Kier molecular flexibility index (Phi) is 5.73. The van der Waals surface area contributed by atoms with Gasteiger partial charge in [-0.25, -0.2) is 4.79 Å². The average molecular weight is 447 g/mol. The third kappa shape index (κ3) is 4.58. The number of ether oxygens (including phenoxy) is 1. The highest BCUT2D eigenvalue weighted by Gasteiger charge is 2.47. The maximum atomic E-state index is 13.0. The number of rotatable bonds is 8. The molecule has 3 aromatic rings. The van der Waals surface area contributed by atoms with Crippen LogP contribution < -0.4 is 10.1 Å². The van der Waals surface area contributed by atoms with Crippen molar-refractivity contribution in [2.45, 2.75) is 38.5 Å². The van der Waals surface area contributed by atoms with E-state index in [1.54, 1.807) is 25.1 Å². The van der Waals surface area contributed by atoms with Crippen LogP contribution in [0.1, 0.15) is 24.6 Å². The molecule has 0 radical (unpaired) electrons. The highest BCUT2D eigenvalue weighted by Crippen LogP contribution is 2.28. The van der Waals surface area contributed by atoms with Gasteiger partial charge < -0.3 is 14.6 Å². The molecule has 4 rings (SSSR count). The van der Waals surface area contributed by atoms with Gasteiger partial charge in [0, 0.05) is 6.07 Å². The third-order valence-corrected chi connectivity index (χ3v) is 5.93. The number of thiophene rings is 1. The van der Waals surface area contributed by atoms with Crippen LogP contribution in [0.2, 0.25) is 0 Å². The number of halogens is 2. The molecule has 1 N–H and O–H groups in total. The average Bonchev–Trinajstić information content (AvgIpc) is 3.45. The summed E-state index contributed by atoms with van der Waals surface area (Å²) in [6.07, 6.45) is 0.820. The van der Waals surface area contributed by atoms with Crippen molar-refractivity contribution in [3.05, 3.63) is 59.1 Å². The summed E-state index contributed by atoms with van der Waals surface area (Å²) in [6, 6.07) is 11.2. The molecule has 1 saturated heterocycles. The molecule has 162 valence electrons. The monoisotopic (exact) mass is 447 g/mol. The van der Waals surface area contributed by atoms with Crippen molar-refractivity contribution >= 4 is 23.3 Å². The van der Waals surface area contributed by atoms with Crippen molar-refractivity contribution in [3.8, 4) is 16.4 Å². The maximum absolute atomic E-state index is 13.0. The van der Waals surface area contributed by atoms with E-state index in [9.17, 15) is 18.4 Å². The van der Waals surface area contributed by atoms with Crippen LogP contribution in [0.4, 0.5) is 13.6 Å². The Morgan fingerprint density at radius 2 is 2.03 bits per heavy atom. The maximum Gasteiger partial charge on any atom is 0.387 e. The second-order valence-electron chi connectivity index (χ2n) is 7.34. The molecular weight excluding hydrogens is 428 g/mol. The highest BCUT2D eigenvalue weighted by molar-refractivity contribution is 7.13. The van der Waals surface area contributed by atoms with Crippen molar-refractivity contribution in [2.24, 2.45) is 0 Å². The number of carbonyl (C=O) groups is 2. The Labute approximate surface area is 180 Å². The van der Waals surface area contributed by atoms with E-state index in [1.165, 1.54) is 23.5 Å². The van der Waals surface area contributed by atoms with Gasteiger partial charge in [-0.3, -0.25) is 9.69 Å². The van der Waals surface area contributed by atoms with Crippen molar-refractivity contribution in [1.82, 2.24) is 15.4 Å². The molecule has 0 aliphatic carbocycles. The number of hydrogen-bond donors (Lipinski definition) is 1. The van der Waals surface area contributed by atoms with Crippen LogP contribution in [0.15, 0.2) is 52.4 Å². The zero-order chi connectivity index (χ0) is 22.0. The van der Waals surface area contributed by atoms with E-state index in [-0.39, 0.29) is 18.2 Å². The van der Waals surface area contributed by atoms with Crippen LogP contribution in [0.5, 0.6) is 5.75 Å². The van der Waals surface area contributed by atoms with Gasteiger partial charge >= 0.3 is 12.6 Å². The minimum Gasteiger partial charge on any atom is -0.435 e. The van der Waals surface area contributed by atoms with Crippen molar-refractivity contribution < 1.29 is 27.6 Å². The summed E-state index contributed by atoms with van der Waals surface area (Å²) < 4.78 is 34.2. The molecule has 3 heterocycles. The lowest BCUT2D eigenvalue weighted by Crippen LogP contribution is -2.44. The summed E-state index contributed by atoms with van der Waals surface area (Å²) in [5.74, 6) is 0.297. The molecule has 31 heavy (non-hydrogen) atoms. The first-order chi connectivity index (χ1) is 14.8. The largest absolute Gasteiger partial charge is 0.435 e. The summed E-state index contributed by atoms with van der Waals surface area (Å²) in [7, 11) is 0. The van der Waals surface area contributed by atoms with E-state index < -0.39 is 18.2 Å². The Balaban J connectivity index is 1.39. The van der Waals surface area contributed by atoms with Crippen LogP contribution in [0.3, 0.4) is 0 Å². The van der Waals surface area contributed by atoms with Gasteiger partial charge in [-0.1, -0.05) is 23.4 Å². The molecule has 1 unspecified atom stereocenters. The molecule has 1 aliphatic heterocycles. The lowest BCUT2D eigenvalue weighted by atomic mass is 9.93. The van der Waals surface area contributed by atoms with E-state index in [2.05, 4.69) is 15.2 Å². The first-order valence-corrected chi connectivity index (χ1v) is 10.4. The van der Waals surface area contributed by atoms with Gasteiger partial charge in [0.05, 0.1) is 11.4 Å². The molecule has 0 bridgehead atoms. The highest BCUT2D eigenvalue weighted by atomic mass is 32.1. The quantitative estimate of drug-likeness (QED) is 0.516. The predicted molar refractivity (Wildman–Crippen MR) is 109 cm³/mol. The number of aryl methyl sites for hydroxylation is 1. The first-order valence-electron chi connectivity index (χ1n) is 9.51. The van der Waals surface area contributed by atoms with Crippen LogP contribution in [-0.2, 0) is 17.8 Å². The fourth-order valence-corrected chi connectivity index (χ4v) is 4.05. The van der Waals surface area contributed by atoms with E-state index in [4.69, 9.17) is 4.52 Å². The molecule has 1 aliphatic rings. The molecule has 0 spiro atoms. The summed E-state index contributed by atoms with van der Waals surface area (Å²) >= 11 is 1.50. The van der Waals surface area contributed by atoms with Gasteiger partial charge in [-0.15, -0.1) is 11.3 Å². The standard InChI is InChI=1S/C21H19F2N3O4S/c1-21(9-8-13-4-6-15(7-5-13)29-19(22)23)18(27)26(20(28)24-21)12-14-11-16(30-25-14)17-3-2-10-31-17/h2-7,10-11,19H,8-9,12H2,1H3,(H,24,28). The zero-order valence-electron chi connectivity index (χ0n) is 16.5. The summed E-state index contributed by atoms with van der Waals surface area (Å²) in [6.45, 7) is -1.20. The van der Waals surface area contributed by atoms with Crippen molar-refractivity contribution in [3.63, 3.8) is 0 Å². The number of hydrogen-bond acceptors (Lipinski definition) is 6. The lowest BCUT2D eigenvalue weighted by Gasteiger charge is -2.21. The van der Waals surface area contributed by atoms with Crippen LogP contribution >= 0.6 is 11.3 Å². The molecule has 1 aromatic carbocycles. The number of amides is 3. The first kappa shape index (κ1) is 21.0. The molecule has 0 saturated carbocycles. The third-order valence-electron chi connectivity index (χ3n) is 5.05. The number of aromatic nitrogens is 1. The molecule has 10 heteroatoms. The number of urea groups is 1. The summed E-state index contributed by atoms with van der Waals surface area (Å²) in [4.78, 5) is 27.4.